The summed E-state index contributed by atoms with van der Waals surface area (Å²) in [6.07, 6.45) is 4.10. The van der Waals surface area contributed by atoms with Crippen molar-refractivity contribution < 1.29 is 26.5 Å². The molecule has 0 saturated carbocycles. The number of rotatable bonds is 0. The third kappa shape index (κ3) is 2.34. The maximum absolute atomic E-state index is 5.34. The summed E-state index contributed by atoms with van der Waals surface area (Å²) < 4.78 is 5.34. The molecule has 0 fully saturated rings. The SMILES string of the molecule is C1=Cc2ccccc2OC1.[SiH4].[Ti]. The Bertz CT molecular complexity index is 273. The first-order valence-electron chi connectivity index (χ1n) is 3.35. The molecule has 0 amide bonds. The molecule has 3 heteroatoms. The smallest absolute Gasteiger partial charge is 0.126 e. The largest absolute Gasteiger partial charge is 0.489 e. The van der Waals surface area contributed by atoms with E-state index in [1.807, 2.05) is 30.3 Å². The average molecular weight is 212 g/mol. The van der Waals surface area contributed by atoms with Gasteiger partial charge < -0.3 is 4.74 Å². The number of ether oxygens (including phenoxy) is 1. The summed E-state index contributed by atoms with van der Waals surface area (Å²) in [6, 6.07) is 8.03. The molecule has 1 nitrogen and oxygen atoms in total. The standard InChI is InChI=1S/C9H8O.H4Si.Ti/c1-2-6-9-8(4-1)5-3-7-10-9;;/h1-6H,7H2;1H4;. The van der Waals surface area contributed by atoms with Crippen molar-refractivity contribution in [3.63, 3.8) is 0 Å². The molecule has 62 valence electrons. The first-order chi connectivity index (χ1) is 4.97. The van der Waals surface area contributed by atoms with Crippen LogP contribution in [-0.4, -0.2) is 17.6 Å². The molecule has 0 aromatic heterocycles. The molecule has 0 saturated heterocycles. The monoisotopic (exact) mass is 212 g/mol. The Hall–Kier alpha value is -0.309. The van der Waals surface area contributed by atoms with Gasteiger partial charge in [0.25, 0.3) is 0 Å². The second-order valence-electron chi connectivity index (χ2n) is 2.25. The number of fused-ring (bicyclic) bond motifs is 1. The van der Waals surface area contributed by atoms with E-state index in [1.54, 1.807) is 0 Å². The number of hydrogen-bond acceptors (Lipinski definition) is 1. The van der Waals surface area contributed by atoms with E-state index in [4.69, 9.17) is 4.74 Å². The van der Waals surface area contributed by atoms with E-state index in [1.165, 1.54) is 5.56 Å². The predicted octanol–water partition coefficient (Wildman–Crippen LogP) is 0.638. The normalized spacial score (nSPS) is 11.7. The molecule has 0 spiro atoms. The summed E-state index contributed by atoms with van der Waals surface area (Å²) in [5.41, 5.74) is 1.17. The van der Waals surface area contributed by atoms with Crippen LogP contribution in [0.2, 0.25) is 0 Å². The van der Waals surface area contributed by atoms with Crippen LogP contribution in [0.4, 0.5) is 0 Å². The minimum absolute atomic E-state index is 0. The van der Waals surface area contributed by atoms with Crippen LogP contribution in [0.3, 0.4) is 0 Å². The Morgan fingerprint density at radius 2 is 1.92 bits per heavy atom. The third-order valence-electron chi connectivity index (χ3n) is 1.55. The Balaban J connectivity index is 0.000000605. The van der Waals surface area contributed by atoms with Gasteiger partial charge in [0.2, 0.25) is 0 Å². The van der Waals surface area contributed by atoms with Crippen molar-refractivity contribution >= 4 is 17.0 Å². The van der Waals surface area contributed by atoms with Gasteiger partial charge in [-0.1, -0.05) is 24.3 Å². The van der Waals surface area contributed by atoms with Crippen molar-refractivity contribution in [2.75, 3.05) is 6.61 Å². The van der Waals surface area contributed by atoms with E-state index in [9.17, 15) is 0 Å². The molecule has 1 aliphatic rings. The summed E-state index contributed by atoms with van der Waals surface area (Å²) in [5.74, 6) is 0.991. The van der Waals surface area contributed by atoms with Crippen molar-refractivity contribution in [2.45, 2.75) is 0 Å². The zero-order valence-electron chi connectivity index (χ0n) is 6.08. The average Bonchev–Trinajstić information content (AvgIpc) is 2.05. The maximum Gasteiger partial charge on any atom is 0.126 e. The Labute approximate surface area is 91.7 Å². The van der Waals surface area contributed by atoms with Gasteiger partial charge in [-0.05, 0) is 23.1 Å². The van der Waals surface area contributed by atoms with Gasteiger partial charge in [-0.25, -0.2) is 0 Å². The van der Waals surface area contributed by atoms with Gasteiger partial charge >= 0.3 is 0 Å². The molecular weight excluding hydrogens is 200 g/mol. The summed E-state index contributed by atoms with van der Waals surface area (Å²) in [7, 11) is 0. The van der Waals surface area contributed by atoms with Crippen molar-refractivity contribution in [1.82, 2.24) is 0 Å². The minimum atomic E-state index is 0. The van der Waals surface area contributed by atoms with Crippen molar-refractivity contribution in [1.29, 1.82) is 0 Å². The molecule has 0 unspecified atom stereocenters. The minimum Gasteiger partial charge on any atom is -0.489 e. The van der Waals surface area contributed by atoms with Gasteiger partial charge in [0.1, 0.15) is 12.4 Å². The first kappa shape index (κ1) is 11.7. The van der Waals surface area contributed by atoms with Crippen LogP contribution in [0.5, 0.6) is 5.75 Å². The van der Waals surface area contributed by atoms with E-state index < -0.39 is 0 Å². The van der Waals surface area contributed by atoms with Crippen molar-refractivity contribution in [3.8, 4) is 5.75 Å². The number of benzene rings is 1. The van der Waals surface area contributed by atoms with Crippen LogP contribution in [-0.2, 0) is 21.7 Å². The zero-order valence-corrected chi connectivity index (χ0v) is 7.64. The van der Waals surface area contributed by atoms with Crippen LogP contribution in [0, 0.1) is 0 Å². The third-order valence-corrected chi connectivity index (χ3v) is 1.55. The molecule has 0 radical (unpaired) electrons. The van der Waals surface area contributed by atoms with Gasteiger partial charge in [0.05, 0.1) is 0 Å². The second kappa shape index (κ2) is 5.36. The van der Waals surface area contributed by atoms with Crippen LogP contribution in [0.1, 0.15) is 5.56 Å². The van der Waals surface area contributed by atoms with Crippen LogP contribution >= 0.6 is 0 Å². The molecule has 1 aliphatic heterocycles. The van der Waals surface area contributed by atoms with Crippen LogP contribution < -0.4 is 4.74 Å². The summed E-state index contributed by atoms with van der Waals surface area (Å²) in [4.78, 5) is 0. The van der Waals surface area contributed by atoms with E-state index >= 15 is 0 Å². The maximum atomic E-state index is 5.34. The van der Waals surface area contributed by atoms with E-state index in [-0.39, 0.29) is 32.7 Å². The topological polar surface area (TPSA) is 9.23 Å². The molecule has 1 heterocycles. The van der Waals surface area contributed by atoms with Crippen LogP contribution in [0.15, 0.2) is 30.3 Å². The molecule has 0 aliphatic carbocycles. The molecule has 2 rings (SSSR count). The summed E-state index contributed by atoms with van der Waals surface area (Å²) in [6.45, 7) is 0.705. The molecule has 12 heavy (non-hydrogen) atoms. The Morgan fingerprint density at radius 1 is 1.17 bits per heavy atom. The van der Waals surface area contributed by atoms with Gasteiger partial charge in [0, 0.05) is 27.3 Å². The molecule has 0 atom stereocenters. The molecule has 0 bridgehead atoms. The fourth-order valence-corrected chi connectivity index (χ4v) is 1.06. The predicted molar refractivity (Wildman–Crippen MR) is 52.3 cm³/mol. The fraction of sp³-hybridized carbons (Fsp3) is 0.111. The molecule has 0 N–H and O–H groups in total. The van der Waals surface area contributed by atoms with Gasteiger partial charge in [0.15, 0.2) is 0 Å². The quantitative estimate of drug-likeness (QED) is 0.573. The first-order valence-corrected chi connectivity index (χ1v) is 3.35. The Morgan fingerprint density at radius 3 is 2.67 bits per heavy atom. The Kier molecular flexibility index (Phi) is 5.22. The number of para-hydroxylation sites is 1. The van der Waals surface area contributed by atoms with Gasteiger partial charge in [-0.15, -0.1) is 0 Å². The summed E-state index contributed by atoms with van der Waals surface area (Å²) in [5, 5.41) is 0. The van der Waals surface area contributed by atoms with Crippen molar-refractivity contribution in [3.05, 3.63) is 35.9 Å². The molecule has 1 aromatic rings. The summed E-state index contributed by atoms with van der Waals surface area (Å²) >= 11 is 0. The molecule has 1 aromatic carbocycles. The zero-order chi connectivity index (χ0) is 6.81. The fourth-order valence-electron chi connectivity index (χ4n) is 1.06. The van der Waals surface area contributed by atoms with Gasteiger partial charge in [-0.3, -0.25) is 0 Å². The number of hydrogen-bond donors (Lipinski definition) is 0. The van der Waals surface area contributed by atoms with E-state index in [0.29, 0.717) is 6.61 Å². The van der Waals surface area contributed by atoms with E-state index in [0.717, 1.165) is 5.75 Å². The van der Waals surface area contributed by atoms with Crippen molar-refractivity contribution in [2.24, 2.45) is 0 Å². The van der Waals surface area contributed by atoms with E-state index in [2.05, 4.69) is 6.08 Å². The second-order valence-corrected chi connectivity index (χ2v) is 2.25. The van der Waals surface area contributed by atoms with Gasteiger partial charge in [-0.2, -0.15) is 0 Å². The van der Waals surface area contributed by atoms with Crippen LogP contribution in [0.25, 0.3) is 6.08 Å². The molecular formula is C9H12OSiTi.